The lowest BCUT2D eigenvalue weighted by Gasteiger charge is -2.23. The van der Waals surface area contributed by atoms with E-state index in [1.54, 1.807) is 12.5 Å². The first-order valence-corrected chi connectivity index (χ1v) is 10.6. The highest BCUT2D eigenvalue weighted by atomic mass is 15.3. The Morgan fingerprint density at radius 2 is 2.19 bits per heavy atom. The third kappa shape index (κ3) is 3.62. The molecule has 5 rings (SSSR count). The van der Waals surface area contributed by atoms with Crippen LogP contribution in [-0.2, 0) is 0 Å². The topological polar surface area (TPSA) is 115 Å². The van der Waals surface area contributed by atoms with Crippen LogP contribution in [0.15, 0.2) is 43.2 Å². The molecule has 0 bridgehead atoms. The maximum Gasteiger partial charge on any atom is 0.227 e. The normalized spacial score (nSPS) is 16.9. The lowest BCUT2D eigenvalue weighted by Crippen LogP contribution is -2.26. The zero-order valence-corrected chi connectivity index (χ0v) is 18.0. The van der Waals surface area contributed by atoms with Gasteiger partial charge in [0.2, 0.25) is 5.95 Å². The number of H-pyrrole nitrogens is 1. The molecule has 1 aliphatic rings. The second-order valence-corrected chi connectivity index (χ2v) is 8.20. The minimum atomic E-state index is -0.0284. The Morgan fingerprint density at radius 3 is 3.03 bits per heavy atom. The van der Waals surface area contributed by atoms with Crippen molar-refractivity contribution in [2.24, 2.45) is 5.92 Å². The van der Waals surface area contributed by atoms with Crippen molar-refractivity contribution >= 4 is 22.8 Å². The van der Waals surface area contributed by atoms with Crippen molar-refractivity contribution < 1.29 is 0 Å². The van der Waals surface area contributed by atoms with E-state index in [2.05, 4.69) is 41.0 Å². The van der Waals surface area contributed by atoms with Crippen LogP contribution in [0.2, 0.25) is 0 Å². The van der Waals surface area contributed by atoms with Crippen LogP contribution in [0.5, 0.6) is 0 Å². The monoisotopic (exact) mass is 428 g/mol. The molecular weight excluding hydrogens is 404 g/mol. The summed E-state index contributed by atoms with van der Waals surface area (Å²) < 4.78 is 1.92. The summed E-state index contributed by atoms with van der Waals surface area (Å²) in [6, 6.07) is 6.18. The number of nitriles is 1. The van der Waals surface area contributed by atoms with Crippen molar-refractivity contribution in [2.75, 3.05) is 37.0 Å². The van der Waals surface area contributed by atoms with Crippen LogP contribution in [0, 0.1) is 17.2 Å². The Hall–Kier alpha value is -4.00. The van der Waals surface area contributed by atoms with E-state index in [1.807, 2.05) is 54.4 Å². The standard InChI is InChI=1S/C22H24N10/c1-30(2)19-5-9-25-22(29-19)31-10-6-15(12-31)18(3-7-23)32-13-16(11-28-32)20-17-4-8-24-21(17)27-14-26-20/h4-5,8-9,11,13-15,18H,3,6,10,12H2,1-2H3,(H,24,26,27). The highest BCUT2D eigenvalue weighted by molar-refractivity contribution is 5.89. The van der Waals surface area contributed by atoms with Gasteiger partial charge in [-0.1, -0.05) is 0 Å². The molecule has 2 unspecified atom stereocenters. The average molecular weight is 429 g/mol. The van der Waals surface area contributed by atoms with Gasteiger partial charge in [-0.3, -0.25) is 4.68 Å². The van der Waals surface area contributed by atoms with Crippen LogP contribution >= 0.6 is 0 Å². The van der Waals surface area contributed by atoms with E-state index >= 15 is 0 Å². The van der Waals surface area contributed by atoms with Gasteiger partial charge in [-0.15, -0.1) is 0 Å². The summed E-state index contributed by atoms with van der Waals surface area (Å²) in [7, 11) is 3.94. The summed E-state index contributed by atoms with van der Waals surface area (Å²) in [5.74, 6) is 1.88. The molecule has 10 heteroatoms. The molecule has 0 spiro atoms. The quantitative estimate of drug-likeness (QED) is 0.498. The fraction of sp³-hybridized carbons (Fsp3) is 0.364. The van der Waals surface area contributed by atoms with Gasteiger partial charge >= 0.3 is 0 Å². The van der Waals surface area contributed by atoms with Gasteiger partial charge in [0.1, 0.15) is 17.8 Å². The molecule has 0 radical (unpaired) electrons. The maximum atomic E-state index is 9.52. The molecular formula is C22H24N10. The third-order valence-electron chi connectivity index (χ3n) is 6.01. The van der Waals surface area contributed by atoms with Gasteiger partial charge in [0.15, 0.2) is 0 Å². The zero-order valence-electron chi connectivity index (χ0n) is 18.0. The molecule has 4 aromatic heterocycles. The molecule has 0 amide bonds. The lowest BCUT2D eigenvalue weighted by molar-refractivity contribution is 0.332. The van der Waals surface area contributed by atoms with E-state index in [1.165, 1.54) is 0 Å². The van der Waals surface area contributed by atoms with Gasteiger partial charge in [-0.05, 0) is 18.6 Å². The maximum absolute atomic E-state index is 9.52. The Morgan fingerprint density at radius 1 is 1.28 bits per heavy atom. The molecule has 1 aliphatic heterocycles. The van der Waals surface area contributed by atoms with Gasteiger partial charge in [0, 0.05) is 62.6 Å². The number of anilines is 2. The van der Waals surface area contributed by atoms with Crippen LogP contribution in [0.3, 0.4) is 0 Å². The fourth-order valence-corrected chi connectivity index (χ4v) is 4.34. The summed E-state index contributed by atoms with van der Waals surface area (Å²) >= 11 is 0. The van der Waals surface area contributed by atoms with Crippen LogP contribution in [-0.4, -0.2) is 61.9 Å². The molecule has 1 fully saturated rings. The number of fused-ring (bicyclic) bond motifs is 1. The second kappa shape index (κ2) is 8.26. The van der Waals surface area contributed by atoms with Crippen LogP contribution in [0.4, 0.5) is 11.8 Å². The number of aromatic amines is 1. The number of hydrogen-bond acceptors (Lipinski definition) is 8. The largest absolute Gasteiger partial charge is 0.363 e. The second-order valence-electron chi connectivity index (χ2n) is 8.20. The fourth-order valence-electron chi connectivity index (χ4n) is 4.34. The van der Waals surface area contributed by atoms with Gasteiger partial charge in [0.25, 0.3) is 0 Å². The summed E-state index contributed by atoms with van der Waals surface area (Å²) in [6.07, 6.45) is 10.3. The SMILES string of the molecule is CN(C)c1ccnc(N2CCC(C(CC#N)n3cc(-c4ncnc5[nH]ccc45)cn3)C2)n1. The molecule has 5 heterocycles. The average Bonchev–Trinajstić information content (AvgIpc) is 3.58. The summed E-state index contributed by atoms with van der Waals surface area (Å²) in [6.45, 7) is 1.64. The van der Waals surface area contributed by atoms with E-state index in [4.69, 9.17) is 0 Å². The van der Waals surface area contributed by atoms with E-state index in [0.717, 1.165) is 53.6 Å². The smallest absolute Gasteiger partial charge is 0.227 e. The molecule has 0 aliphatic carbocycles. The van der Waals surface area contributed by atoms with E-state index < -0.39 is 0 Å². The van der Waals surface area contributed by atoms with Crippen molar-refractivity contribution in [3.8, 4) is 17.3 Å². The lowest BCUT2D eigenvalue weighted by atomic mass is 9.96. The molecule has 1 N–H and O–H groups in total. The van der Waals surface area contributed by atoms with Crippen molar-refractivity contribution in [2.45, 2.75) is 18.9 Å². The van der Waals surface area contributed by atoms with Crippen molar-refractivity contribution in [1.82, 2.24) is 34.7 Å². The Kier molecular flexibility index (Phi) is 5.15. The molecule has 1 saturated heterocycles. The number of hydrogen-bond donors (Lipinski definition) is 1. The Balaban J connectivity index is 1.39. The minimum Gasteiger partial charge on any atom is -0.363 e. The predicted octanol–water partition coefficient (Wildman–Crippen LogP) is 2.66. The molecule has 2 atom stereocenters. The number of aromatic nitrogens is 7. The first-order chi connectivity index (χ1) is 15.6. The molecule has 0 saturated carbocycles. The Labute approximate surface area is 185 Å². The van der Waals surface area contributed by atoms with E-state index in [9.17, 15) is 5.26 Å². The molecule has 162 valence electrons. The van der Waals surface area contributed by atoms with Gasteiger partial charge in [-0.25, -0.2) is 15.0 Å². The van der Waals surface area contributed by atoms with Crippen LogP contribution in [0.1, 0.15) is 18.9 Å². The van der Waals surface area contributed by atoms with Crippen molar-refractivity contribution in [1.29, 1.82) is 5.26 Å². The van der Waals surface area contributed by atoms with Crippen molar-refractivity contribution in [3.63, 3.8) is 0 Å². The summed E-state index contributed by atoms with van der Waals surface area (Å²) in [5, 5.41) is 15.1. The van der Waals surface area contributed by atoms with Gasteiger partial charge in [0.05, 0.1) is 30.4 Å². The highest BCUT2D eigenvalue weighted by Crippen LogP contribution is 2.33. The first kappa shape index (κ1) is 19.9. The number of rotatable bonds is 6. The number of nitrogens with one attached hydrogen (secondary N) is 1. The molecule has 32 heavy (non-hydrogen) atoms. The third-order valence-corrected chi connectivity index (χ3v) is 6.01. The van der Waals surface area contributed by atoms with E-state index in [0.29, 0.717) is 6.42 Å². The first-order valence-electron chi connectivity index (χ1n) is 10.6. The molecule has 4 aromatic rings. The molecule has 10 nitrogen and oxygen atoms in total. The zero-order chi connectivity index (χ0) is 22.1. The van der Waals surface area contributed by atoms with E-state index in [-0.39, 0.29) is 12.0 Å². The minimum absolute atomic E-state index is 0.0284. The summed E-state index contributed by atoms with van der Waals surface area (Å²) in [4.78, 5) is 25.1. The van der Waals surface area contributed by atoms with Gasteiger partial charge < -0.3 is 14.8 Å². The predicted molar refractivity (Wildman–Crippen MR) is 121 cm³/mol. The summed E-state index contributed by atoms with van der Waals surface area (Å²) in [5.41, 5.74) is 2.54. The molecule has 0 aromatic carbocycles. The van der Waals surface area contributed by atoms with Crippen molar-refractivity contribution in [3.05, 3.63) is 43.2 Å². The van der Waals surface area contributed by atoms with Crippen LogP contribution in [0.25, 0.3) is 22.3 Å². The Bertz CT molecular complexity index is 1270. The number of nitrogens with zero attached hydrogens (tertiary/aromatic N) is 9. The van der Waals surface area contributed by atoms with Crippen LogP contribution < -0.4 is 9.80 Å². The van der Waals surface area contributed by atoms with Gasteiger partial charge in [-0.2, -0.15) is 15.3 Å². The highest BCUT2D eigenvalue weighted by Gasteiger charge is 2.32.